The Morgan fingerprint density at radius 3 is 3.08 bits per heavy atom. The Morgan fingerprint density at radius 2 is 2.31 bits per heavy atom. The number of rotatable bonds is 5. The van der Waals surface area contributed by atoms with Gasteiger partial charge in [0.1, 0.15) is 6.33 Å². The molecule has 1 amide bonds. The first-order valence-corrected chi connectivity index (χ1v) is 8.65. The Kier molecular flexibility index (Phi) is 4.16. The lowest BCUT2D eigenvalue weighted by atomic mass is 9.98. The Hall–Kier alpha value is -3.16. The van der Waals surface area contributed by atoms with Crippen LogP contribution in [0, 0.1) is 0 Å². The molecule has 26 heavy (non-hydrogen) atoms. The van der Waals surface area contributed by atoms with Crippen LogP contribution in [0.2, 0.25) is 0 Å². The van der Waals surface area contributed by atoms with Crippen molar-refractivity contribution < 1.29 is 4.79 Å². The van der Waals surface area contributed by atoms with E-state index in [4.69, 9.17) is 0 Å². The van der Waals surface area contributed by atoms with Gasteiger partial charge in [-0.2, -0.15) is 10.2 Å². The molecule has 4 rings (SSSR count). The fourth-order valence-corrected chi connectivity index (χ4v) is 3.56. The predicted molar refractivity (Wildman–Crippen MR) is 98.2 cm³/mol. The van der Waals surface area contributed by atoms with Gasteiger partial charge in [-0.15, -0.1) is 0 Å². The second-order valence-corrected chi connectivity index (χ2v) is 6.63. The van der Waals surface area contributed by atoms with Crippen molar-refractivity contribution >= 4 is 23.1 Å². The van der Waals surface area contributed by atoms with Gasteiger partial charge in [0, 0.05) is 31.5 Å². The first-order valence-electron chi connectivity index (χ1n) is 8.65. The fourth-order valence-electron chi connectivity index (χ4n) is 3.56. The summed E-state index contributed by atoms with van der Waals surface area (Å²) in [6.45, 7) is 3.51. The molecule has 8 nitrogen and oxygen atoms in total. The van der Waals surface area contributed by atoms with E-state index in [0.717, 1.165) is 36.4 Å². The summed E-state index contributed by atoms with van der Waals surface area (Å²) in [6.07, 6.45) is 9.66. The Morgan fingerprint density at radius 1 is 1.42 bits per heavy atom. The fraction of sp³-hybridized carbons (Fsp3) is 0.333. The number of nitrogens with one attached hydrogen (secondary N) is 2. The summed E-state index contributed by atoms with van der Waals surface area (Å²) >= 11 is 0. The smallest absolute Gasteiger partial charge is 0.243 e. The molecule has 1 fully saturated rings. The molecule has 0 saturated heterocycles. The highest BCUT2D eigenvalue weighted by Gasteiger charge is 2.27. The average molecular weight is 351 g/mol. The summed E-state index contributed by atoms with van der Waals surface area (Å²) in [5.41, 5.74) is 2.81. The highest BCUT2D eigenvalue weighted by atomic mass is 16.1. The highest BCUT2D eigenvalue weighted by Crippen LogP contribution is 2.36. The van der Waals surface area contributed by atoms with Crippen molar-refractivity contribution in [1.82, 2.24) is 29.7 Å². The minimum atomic E-state index is -0.111. The van der Waals surface area contributed by atoms with Crippen molar-refractivity contribution in [2.24, 2.45) is 7.05 Å². The zero-order chi connectivity index (χ0) is 18.1. The van der Waals surface area contributed by atoms with E-state index in [1.165, 1.54) is 11.6 Å². The third-order valence-electron chi connectivity index (χ3n) is 4.81. The minimum Gasteiger partial charge on any atom is -0.350 e. The summed E-state index contributed by atoms with van der Waals surface area (Å²) in [5.74, 6) is 1.01. The number of hydrogen-bond donors (Lipinski definition) is 2. The van der Waals surface area contributed by atoms with Crippen molar-refractivity contribution in [3.8, 4) is 0 Å². The standard InChI is InChI=1S/C18H21N7O/c1-3-17(26)21-14-5-4-12(8-14)13-9-15(18-19-11-20-25(18)10-13)22-16-6-7-24(2)23-16/h3,6-7,9-12,14H,1,4-5,8H2,2H3,(H,21,26)(H,22,23)/t12-,14+/m0/s1. The lowest BCUT2D eigenvalue weighted by Gasteiger charge is -2.14. The van der Waals surface area contributed by atoms with Crippen molar-refractivity contribution in [1.29, 1.82) is 0 Å². The van der Waals surface area contributed by atoms with Gasteiger partial charge in [-0.25, -0.2) is 9.50 Å². The number of carbonyl (C=O) groups is 1. The number of aryl methyl sites for hydroxylation is 1. The molecule has 0 bridgehead atoms. The van der Waals surface area contributed by atoms with Crippen molar-refractivity contribution in [2.75, 3.05) is 5.32 Å². The van der Waals surface area contributed by atoms with Gasteiger partial charge in [0.2, 0.25) is 5.91 Å². The zero-order valence-corrected chi connectivity index (χ0v) is 14.6. The largest absolute Gasteiger partial charge is 0.350 e. The van der Waals surface area contributed by atoms with E-state index in [1.54, 1.807) is 15.5 Å². The molecule has 3 aromatic heterocycles. The number of pyridine rings is 1. The van der Waals surface area contributed by atoms with Crippen molar-refractivity contribution in [3.05, 3.63) is 49.1 Å². The van der Waals surface area contributed by atoms with Crippen molar-refractivity contribution in [2.45, 2.75) is 31.2 Å². The SMILES string of the molecule is C=CC(=O)N[C@@H]1CC[C@H](c2cc(Nc3ccn(C)n3)c3ncnn3c2)C1. The second kappa shape index (κ2) is 6.62. The molecule has 8 heteroatoms. The van der Waals surface area contributed by atoms with Gasteiger partial charge in [0.15, 0.2) is 11.5 Å². The molecular formula is C18H21N7O. The number of fused-ring (bicyclic) bond motifs is 1. The first-order chi connectivity index (χ1) is 12.6. The van der Waals surface area contributed by atoms with Crippen LogP contribution in [0.15, 0.2) is 43.5 Å². The Balaban J connectivity index is 1.60. The minimum absolute atomic E-state index is 0.111. The quantitative estimate of drug-likeness (QED) is 0.688. The number of nitrogens with zero attached hydrogens (tertiary/aromatic N) is 5. The highest BCUT2D eigenvalue weighted by molar-refractivity contribution is 5.87. The first kappa shape index (κ1) is 16.3. The van der Waals surface area contributed by atoms with Crippen LogP contribution in [0.3, 0.4) is 0 Å². The molecule has 134 valence electrons. The molecule has 2 atom stereocenters. The summed E-state index contributed by atoms with van der Waals surface area (Å²) in [5, 5.41) is 15.0. The van der Waals surface area contributed by atoms with Crippen LogP contribution in [0.4, 0.5) is 11.5 Å². The molecule has 3 aromatic rings. The van der Waals surface area contributed by atoms with E-state index >= 15 is 0 Å². The third-order valence-corrected chi connectivity index (χ3v) is 4.81. The van der Waals surface area contributed by atoms with Gasteiger partial charge in [0.25, 0.3) is 0 Å². The topological polar surface area (TPSA) is 89.1 Å². The van der Waals surface area contributed by atoms with Gasteiger partial charge in [-0.05, 0) is 42.9 Å². The average Bonchev–Trinajstić information content (AvgIpc) is 3.35. The summed E-state index contributed by atoms with van der Waals surface area (Å²) in [7, 11) is 1.88. The third kappa shape index (κ3) is 3.17. The summed E-state index contributed by atoms with van der Waals surface area (Å²) in [4.78, 5) is 15.9. The van der Waals surface area contributed by atoms with Crippen LogP contribution in [0.25, 0.3) is 5.65 Å². The number of anilines is 2. The number of hydrogen-bond acceptors (Lipinski definition) is 5. The van der Waals surface area contributed by atoms with Crippen molar-refractivity contribution in [3.63, 3.8) is 0 Å². The monoisotopic (exact) mass is 351 g/mol. The summed E-state index contributed by atoms with van der Waals surface area (Å²) in [6, 6.07) is 4.21. The van der Waals surface area contributed by atoms with Crippen LogP contribution in [0.1, 0.15) is 30.7 Å². The van der Waals surface area contributed by atoms with Gasteiger partial charge < -0.3 is 10.6 Å². The molecule has 0 unspecified atom stereocenters. The van der Waals surface area contributed by atoms with Gasteiger partial charge in [-0.3, -0.25) is 9.48 Å². The van der Waals surface area contributed by atoms with Crippen LogP contribution >= 0.6 is 0 Å². The molecule has 1 aliphatic rings. The predicted octanol–water partition coefficient (Wildman–Crippen LogP) is 2.14. The molecule has 3 heterocycles. The lowest BCUT2D eigenvalue weighted by Crippen LogP contribution is -2.31. The molecule has 0 aliphatic heterocycles. The lowest BCUT2D eigenvalue weighted by molar-refractivity contribution is -0.117. The van der Waals surface area contributed by atoms with E-state index in [9.17, 15) is 4.79 Å². The molecule has 2 N–H and O–H groups in total. The Bertz CT molecular complexity index is 958. The van der Waals surface area contributed by atoms with Crippen LogP contribution in [0.5, 0.6) is 0 Å². The van der Waals surface area contributed by atoms with E-state index in [-0.39, 0.29) is 11.9 Å². The van der Waals surface area contributed by atoms with Gasteiger partial charge in [0.05, 0.1) is 5.69 Å². The maximum atomic E-state index is 11.5. The van der Waals surface area contributed by atoms with E-state index in [0.29, 0.717) is 5.92 Å². The van der Waals surface area contributed by atoms with E-state index < -0.39 is 0 Å². The van der Waals surface area contributed by atoms with Gasteiger partial charge in [-0.1, -0.05) is 6.58 Å². The summed E-state index contributed by atoms with van der Waals surface area (Å²) < 4.78 is 3.54. The maximum Gasteiger partial charge on any atom is 0.243 e. The van der Waals surface area contributed by atoms with Gasteiger partial charge >= 0.3 is 0 Å². The molecule has 0 radical (unpaired) electrons. The Labute approximate surface area is 150 Å². The van der Waals surface area contributed by atoms with Crippen LogP contribution in [-0.4, -0.2) is 36.3 Å². The maximum absolute atomic E-state index is 11.5. The normalized spacial score (nSPS) is 19.6. The molecule has 0 spiro atoms. The van der Waals surface area contributed by atoms with Crippen LogP contribution < -0.4 is 10.6 Å². The molecular weight excluding hydrogens is 330 g/mol. The zero-order valence-electron chi connectivity index (χ0n) is 14.6. The number of carbonyl (C=O) groups excluding carboxylic acids is 1. The van der Waals surface area contributed by atoms with E-state index in [1.807, 2.05) is 25.5 Å². The molecule has 1 saturated carbocycles. The number of aromatic nitrogens is 5. The second-order valence-electron chi connectivity index (χ2n) is 6.63. The van der Waals surface area contributed by atoms with Crippen LogP contribution in [-0.2, 0) is 11.8 Å². The molecule has 1 aliphatic carbocycles. The molecule has 0 aromatic carbocycles. The van der Waals surface area contributed by atoms with E-state index in [2.05, 4.69) is 38.5 Å². The number of amides is 1.